The second-order valence-corrected chi connectivity index (χ2v) is 6.11. The molecule has 0 spiro atoms. The topological polar surface area (TPSA) is 73.0 Å². The maximum atomic E-state index is 12.9. The van der Waals surface area contributed by atoms with Crippen molar-refractivity contribution in [2.24, 2.45) is 7.05 Å². The molecule has 1 N–H and O–H groups in total. The van der Waals surface area contributed by atoms with Gasteiger partial charge in [0.15, 0.2) is 11.4 Å². The Morgan fingerprint density at radius 1 is 1.19 bits per heavy atom. The molecule has 0 saturated heterocycles. The number of hydrogen-bond donors (Lipinski definition) is 1. The molecular formula is C20H18N4O2. The summed E-state index contributed by atoms with van der Waals surface area (Å²) in [6.07, 6.45) is 1.59. The fourth-order valence-electron chi connectivity index (χ4n) is 3.05. The molecule has 4 rings (SSSR count). The van der Waals surface area contributed by atoms with E-state index in [1.165, 1.54) is 0 Å². The number of aryl methyl sites for hydroxylation is 2. The van der Waals surface area contributed by atoms with Crippen LogP contribution in [0.25, 0.3) is 22.5 Å². The number of carbonyl (C=O) groups excluding carboxylic acids is 1. The van der Waals surface area contributed by atoms with Crippen LogP contribution in [-0.2, 0) is 13.6 Å². The highest BCUT2D eigenvalue weighted by Crippen LogP contribution is 2.27. The summed E-state index contributed by atoms with van der Waals surface area (Å²) in [4.78, 5) is 17.5. The summed E-state index contributed by atoms with van der Waals surface area (Å²) in [5, 5.41) is 8.16. The standard InChI is InChI=1S/C20H18N4O2/c1-13-18-15(20(25)21-12-14-7-4-3-5-8-14)11-16(17-9-6-10-26-17)22-19(18)24(2)23-13/h3-11H,12H2,1-2H3,(H,21,25). The fourth-order valence-corrected chi connectivity index (χ4v) is 3.05. The maximum absolute atomic E-state index is 12.9. The number of rotatable bonds is 4. The molecular weight excluding hydrogens is 328 g/mol. The van der Waals surface area contributed by atoms with Gasteiger partial charge in [-0.2, -0.15) is 5.10 Å². The summed E-state index contributed by atoms with van der Waals surface area (Å²) in [5.41, 5.74) is 3.62. The number of furan rings is 1. The van der Waals surface area contributed by atoms with Crippen molar-refractivity contribution in [1.82, 2.24) is 20.1 Å². The van der Waals surface area contributed by atoms with E-state index in [4.69, 9.17) is 4.42 Å². The van der Waals surface area contributed by atoms with E-state index in [1.807, 2.05) is 50.4 Å². The predicted octanol–water partition coefficient (Wildman–Crippen LogP) is 3.47. The third-order valence-electron chi connectivity index (χ3n) is 4.28. The van der Waals surface area contributed by atoms with Crippen LogP contribution in [0.15, 0.2) is 59.2 Å². The first-order valence-corrected chi connectivity index (χ1v) is 8.34. The minimum absolute atomic E-state index is 0.162. The molecule has 4 aromatic rings. The molecule has 0 aliphatic heterocycles. The van der Waals surface area contributed by atoms with Crippen LogP contribution in [0.5, 0.6) is 0 Å². The Morgan fingerprint density at radius 2 is 2.00 bits per heavy atom. The summed E-state index contributed by atoms with van der Waals surface area (Å²) in [5.74, 6) is 0.452. The van der Waals surface area contributed by atoms with Crippen molar-refractivity contribution >= 4 is 16.9 Å². The van der Waals surface area contributed by atoms with Gasteiger partial charge in [0.1, 0.15) is 5.69 Å². The van der Waals surface area contributed by atoms with Gasteiger partial charge in [-0.05, 0) is 30.7 Å². The molecule has 130 valence electrons. The van der Waals surface area contributed by atoms with Crippen molar-refractivity contribution in [3.8, 4) is 11.5 Å². The van der Waals surface area contributed by atoms with Crippen LogP contribution in [0.2, 0.25) is 0 Å². The molecule has 1 amide bonds. The van der Waals surface area contributed by atoms with Crippen molar-refractivity contribution in [3.63, 3.8) is 0 Å². The Labute approximate surface area is 150 Å². The van der Waals surface area contributed by atoms with Gasteiger partial charge < -0.3 is 9.73 Å². The van der Waals surface area contributed by atoms with Gasteiger partial charge in [0.25, 0.3) is 5.91 Å². The first-order valence-electron chi connectivity index (χ1n) is 8.34. The highest BCUT2D eigenvalue weighted by Gasteiger charge is 2.19. The Hall–Kier alpha value is -3.41. The highest BCUT2D eigenvalue weighted by atomic mass is 16.3. The van der Waals surface area contributed by atoms with Gasteiger partial charge in [-0.15, -0.1) is 0 Å². The third kappa shape index (κ3) is 2.86. The summed E-state index contributed by atoms with van der Waals surface area (Å²) < 4.78 is 7.14. The molecule has 26 heavy (non-hydrogen) atoms. The molecule has 6 nitrogen and oxygen atoms in total. The Morgan fingerprint density at radius 3 is 2.73 bits per heavy atom. The van der Waals surface area contributed by atoms with Gasteiger partial charge in [-0.25, -0.2) is 4.98 Å². The number of carbonyl (C=O) groups is 1. The number of pyridine rings is 1. The number of nitrogens with one attached hydrogen (secondary N) is 1. The van der Waals surface area contributed by atoms with Crippen LogP contribution in [-0.4, -0.2) is 20.7 Å². The second-order valence-electron chi connectivity index (χ2n) is 6.11. The molecule has 6 heteroatoms. The fraction of sp³-hybridized carbons (Fsp3) is 0.150. The zero-order chi connectivity index (χ0) is 18.1. The first-order chi connectivity index (χ1) is 12.6. The lowest BCUT2D eigenvalue weighted by Crippen LogP contribution is -2.23. The van der Waals surface area contributed by atoms with Crippen LogP contribution in [0, 0.1) is 6.92 Å². The van der Waals surface area contributed by atoms with Crippen LogP contribution < -0.4 is 5.32 Å². The van der Waals surface area contributed by atoms with Gasteiger partial charge >= 0.3 is 0 Å². The molecule has 0 aliphatic carbocycles. The van der Waals surface area contributed by atoms with Gasteiger partial charge in [0, 0.05) is 13.6 Å². The predicted molar refractivity (Wildman–Crippen MR) is 98.6 cm³/mol. The normalized spacial score (nSPS) is 11.0. The molecule has 3 heterocycles. The molecule has 0 saturated carbocycles. The zero-order valence-corrected chi connectivity index (χ0v) is 14.6. The largest absolute Gasteiger partial charge is 0.463 e. The van der Waals surface area contributed by atoms with Crippen LogP contribution in [0.3, 0.4) is 0 Å². The van der Waals surface area contributed by atoms with Crippen molar-refractivity contribution in [2.45, 2.75) is 13.5 Å². The van der Waals surface area contributed by atoms with Crippen molar-refractivity contribution in [3.05, 3.63) is 71.6 Å². The van der Waals surface area contributed by atoms with Crippen LogP contribution in [0.4, 0.5) is 0 Å². The van der Waals surface area contributed by atoms with E-state index in [0.717, 1.165) is 16.6 Å². The van der Waals surface area contributed by atoms with Crippen molar-refractivity contribution in [1.29, 1.82) is 0 Å². The van der Waals surface area contributed by atoms with E-state index in [2.05, 4.69) is 15.4 Å². The van der Waals surface area contributed by atoms with Crippen LogP contribution in [0.1, 0.15) is 21.6 Å². The van der Waals surface area contributed by atoms with E-state index in [1.54, 1.807) is 23.1 Å². The summed E-state index contributed by atoms with van der Waals surface area (Å²) in [6, 6.07) is 15.2. The van der Waals surface area contributed by atoms with E-state index < -0.39 is 0 Å². The van der Waals surface area contributed by atoms with Crippen molar-refractivity contribution < 1.29 is 9.21 Å². The molecule has 3 aromatic heterocycles. The lowest BCUT2D eigenvalue weighted by Gasteiger charge is -2.08. The SMILES string of the molecule is Cc1nn(C)c2nc(-c3ccco3)cc(C(=O)NCc3ccccc3)c12. The van der Waals surface area contributed by atoms with E-state index in [-0.39, 0.29) is 5.91 Å². The number of amides is 1. The average Bonchev–Trinajstić information content (AvgIpc) is 3.29. The Kier molecular flexibility index (Phi) is 4.01. The molecule has 0 aliphatic rings. The first kappa shape index (κ1) is 16.1. The quantitative estimate of drug-likeness (QED) is 0.614. The number of nitrogens with zero attached hydrogens (tertiary/aromatic N) is 3. The van der Waals surface area contributed by atoms with Gasteiger partial charge in [-0.1, -0.05) is 30.3 Å². The van der Waals surface area contributed by atoms with E-state index in [9.17, 15) is 4.79 Å². The molecule has 0 atom stereocenters. The molecule has 0 bridgehead atoms. The van der Waals surface area contributed by atoms with Gasteiger partial charge in [-0.3, -0.25) is 9.48 Å². The lowest BCUT2D eigenvalue weighted by atomic mass is 10.1. The van der Waals surface area contributed by atoms with E-state index >= 15 is 0 Å². The smallest absolute Gasteiger partial charge is 0.252 e. The minimum Gasteiger partial charge on any atom is -0.463 e. The maximum Gasteiger partial charge on any atom is 0.252 e. The van der Waals surface area contributed by atoms with Gasteiger partial charge in [0.2, 0.25) is 0 Å². The third-order valence-corrected chi connectivity index (χ3v) is 4.28. The summed E-state index contributed by atoms with van der Waals surface area (Å²) >= 11 is 0. The molecule has 0 radical (unpaired) electrons. The Bertz CT molecular complexity index is 1070. The highest BCUT2D eigenvalue weighted by molar-refractivity contribution is 6.07. The monoisotopic (exact) mass is 346 g/mol. The van der Waals surface area contributed by atoms with Gasteiger partial charge in [0.05, 0.1) is 22.9 Å². The average molecular weight is 346 g/mol. The summed E-state index contributed by atoms with van der Waals surface area (Å²) in [6.45, 7) is 2.34. The lowest BCUT2D eigenvalue weighted by molar-refractivity contribution is 0.0952. The number of benzene rings is 1. The van der Waals surface area contributed by atoms with E-state index in [0.29, 0.717) is 29.2 Å². The molecule has 0 fully saturated rings. The number of aromatic nitrogens is 3. The minimum atomic E-state index is -0.162. The zero-order valence-electron chi connectivity index (χ0n) is 14.6. The van der Waals surface area contributed by atoms with Crippen molar-refractivity contribution in [2.75, 3.05) is 0 Å². The van der Waals surface area contributed by atoms with Crippen LogP contribution >= 0.6 is 0 Å². The Balaban J connectivity index is 1.76. The second kappa shape index (κ2) is 6.48. The molecule has 0 unspecified atom stereocenters. The number of hydrogen-bond acceptors (Lipinski definition) is 4. The summed E-state index contributed by atoms with van der Waals surface area (Å²) in [7, 11) is 1.82. The molecule has 1 aromatic carbocycles. The number of fused-ring (bicyclic) bond motifs is 1.